The maximum atomic E-state index is 12.5. The second-order valence-electron chi connectivity index (χ2n) is 6.28. The number of pyridine rings is 1. The molecule has 0 unspecified atom stereocenters. The average molecular weight is 377 g/mol. The van der Waals surface area contributed by atoms with Crippen molar-refractivity contribution in [3.05, 3.63) is 77.4 Å². The van der Waals surface area contributed by atoms with Gasteiger partial charge in [0, 0.05) is 31.2 Å². The first-order valence-electron chi connectivity index (χ1n) is 9.03. The van der Waals surface area contributed by atoms with Crippen LogP contribution in [0.2, 0.25) is 0 Å². The molecule has 1 amide bonds. The van der Waals surface area contributed by atoms with E-state index in [2.05, 4.69) is 25.6 Å². The minimum atomic E-state index is -0.222. The summed E-state index contributed by atoms with van der Waals surface area (Å²) in [6.45, 7) is 2.91. The molecule has 0 aliphatic rings. The lowest BCUT2D eigenvalue weighted by Crippen LogP contribution is -2.27. The fraction of sp³-hybridized carbons (Fsp3) is 0.238. The van der Waals surface area contributed by atoms with Gasteiger partial charge in [0.15, 0.2) is 0 Å². The Labute approximate surface area is 164 Å². The molecule has 144 valence electrons. The van der Waals surface area contributed by atoms with Gasteiger partial charge in [0.25, 0.3) is 5.91 Å². The molecule has 0 aliphatic heterocycles. The monoisotopic (exact) mass is 377 g/mol. The van der Waals surface area contributed by atoms with E-state index in [1.165, 1.54) is 0 Å². The minimum absolute atomic E-state index is 0.222. The first-order chi connectivity index (χ1) is 13.6. The number of aryl methyl sites for hydroxylation is 1. The van der Waals surface area contributed by atoms with E-state index >= 15 is 0 Å². The van der Waals surface area contributed by atoms with E-state index in [4.69, 9.17) is 4.74 Å². The molecule has 0 atom stereocenters. The summed E-state index contributed by atoms with van der Waals surface area (Å²) < 4.78 is 5.22. The van der Waals surface area contributed by atoms with Gasteiger partial charge in [0.05, 0.1) is 7.11 Å². The van der Waals surface area contributed by atoms with Crippen LogP contribution in [0.3, 0.4) is 0 Å². The van der Waals surface area contributed by atoms with Gasteiger partial charge in [-0.2, -0.15) is 0 Å². The Kier molecular flexibility index (Phi) is 6.51. The summed E-state index contributed by atoms with van der Waals surface area (Å²) in [5.74, 6) is 1.01. The molecule has 7 heteroatoms. The maximum Gasteiger partial charge on any atom is 0.270 e. The lowest BCUT2D eigenvalue weighted by molar-refractivity contribution is 0.0949. The third kappa shape index (κ3) is 5.51. The summed E-state index contributed by atoms with van der Waals surface area (Å²) >= 11 is 0. The molecule has 0 saturated heterocycles. The largest absolute Gasteiger partial charge is 0.497 e. The molecule has 0 radical (unpaired) electrons. The molecule has 3 rings (SSSR count). The van der Waals surface area contributed by atoms with Crippen molar-refractivity contribution in [2.45, 2.75) is 19.9 Å². The highest BCUT2D eigenvalue weighted by Gasteiger charge is 2.10. The molecule has 2 heterocycles. The molecule has 2 aromatic heterocycles. The van der Waals surface area contributed by atoms with Crippen LogP contribution in [0.25, 0.3) is 0 Å². The SMILES string of the molecule is COc1cccc(CCNC(=O)c2cc(C)nc(NCc3ccncc3)n2)c1. The molecule has 0 saturated carbocycles. The third-order valence-electron chi connectivity index (χ3n) is 4.12. The van der Waals surface area contributed by atoms with Crippen molar-refractivity contribution in [3.63, 3.8) is 0 Å². The van der Waals surface area contributed by atoms with E-state index in [-0.39, 0.29) is 5.91 Å². The topological polar surface area (TPSA) is 89.0 Å². The van der Waals surface area contributed by atoms with Crippen molar-refractivity contribution in [2.24, 2.45) is 0 Å². The highest BCUT2D eigenvalue weighted by Crippen LogP contribution is 2.13. The number of ether oxygens (including phenoxy) is 1. The lowest BCUT2D eigenvalue weighted by atomic mass is 10.1. The summed E-state index contributed by atoms with van der Waals surface area (Å²) in [7, 11) is 1.64. The summed E-state index contributed by atoms with van der Waals surface area (Å²) in [5.41, 5.74) is 3.23. The predicted octanol–water partition coefficient (Wildman–Crippen LogP) is 2.77. The first-order valence-corrected chi connectivity index (χ1v) is 9.03. The molecule has 2 N–H and O–H groups in total. The van der Waals surface area contributed by atoms with E-state index in [1.807, 2.05) is 43.3 Å². The lowest BCUT2D eigenvalue weighted by Gasteiger charge is -2.09. The van der Waals surface area contributed by atoms with Crippen molar-refractivity contribution in [2.75, 3.05) is 19.0 Å². The zero-order valence-corrected chi connectivity index (χ0v) is 16.0. The molecular formula is C21H23N5O2. The van der Waals surface area contributed by atoms with Crippen LogP contribution in [0.15, 0.2) is 54.9 Å². The van der Waals surface area contributed by atoms with Gasteiger partial charge in [-0.1, -0.05) is 12.1 Å². The Morgan fingerprint density at radius 1 is 1.07 bits per heavy atom. The molecule has 7 nitrogen and oxygen atoms in total. The average Bonchev–Trinajstić information content (AvgIpc) is 2.72. The zero-order valence-electron chi connectivity index (χ0n) is 16.0. The van der Waals surface area contributed by atoms with Gasteiger partial charge < -0.3 is 15.4 Å². The summed E-state index contributed by atoms with van der Waals surface area (Å²) in [5, 5.41) is 6.05. The van der Waals surface area contributed by atoms with Crippen molar-refractivity contribution in [1.29, 1.82) is 0 Å². The zero-order chi connectivity index (χ0) is 19.8. The quantitative estimate of drug-likeness (QED) is 0.627. The highest BCUT2D eigenvalue weighted by molar-refractivity contribution is 5.92. The summed E-state index contributed by atoms with van der Waals surface area (Å²) in [6, 6.07) is 13.3. The van der Waals surface area contributed by atoms with Gasteiger partial charge in [-0.3, -0.25) is 9.78 Å². The van der Waals surface area contributed by atoms with Crippen LogP contribution in [0.4, 0.5) is 5.95 Å². The summed E-state index contributed by atoms with van der Waals surface area (Å²) in [6.07, 6.45) is 4.17. The van der Waals surface area contributed by atoms with Crippen LogP contribution in [0.5, 0.6) is 5.75 Å². The Morgan fingerprint density at radius 3 is 2.68 bits per heavy atom. The first kappa shape index (κ1) is 19.3. The van der Waals surface area contributed by atoms with Crippen LogP contribution in [-0.2, 0) is 13.0 Å². The van der Waals surface area contributed by atoms with Crippen LogP contribution >= 0.6 is 0 Å². The Bertz CT molecular complexity index is 931. The van der Waals surface area contributed by atoms with Crippen molar-refractivity contribution < 1.29 is 9.53 Å². The molecule has 0 spiro atoms. The number of benzene rings is 1. The van der Waals surface area contributed by atoms with Gasteiger partial charge in [-0.25, -0.2) is 9.97 Å². The number of amides is 1. The number of carbonyl (C=O) groups excluding carboxylic acids is 1. The van der Waals surface area contributed by atoms with Gasteiger partial charge in [-0.15, -0.1) is 0 Å². The van der Waals surface area contributed by atoms with Crippen molar-refractivity contribution >= 4 is 11.9 Å². The fourth-order valence-electron chi connectivity index (χ4n) is 2.68. The molecule has 3 aromatic rings. The predicted molar refractivity (Wildman–Crippen MR) is 107 cm³/mol. The molecule has 0 fully saturated rings. The number of hydrogen-bond donors (Lipinski definition) is 2. The second kappa shape index (κ2) is 9.45. The fourth-order valence-corrected chi connectivity index (χ4v) is 2.68. The Hall–Kier alpha value is -3.48. The number of aromatic nitrogens is 3. The van der Waals surface area contributed by atoms with Gasteiger partial charge >= 0.3 is 0 Å². The van der Waals surface area contributed by atoms with E-state index in [1.54, 1.807) is 25.6 Å². The molecule has 0 aliphatic carbocycles. The van der Waals surface area contributed by atoms with E-state index < -0.39 is 0 Å². The van der Waals surface area contributed by atoms with Gasteiger partial charge in [0.2, 0.25) is 5.95 Å². The number of anilines is 1. The van der Waals surface area contributed by atoms with E-state index in [0.29, 0.717) is 31.2 Å². The number of carbonyl (C=O) groups is 1. The van der Waals surface area contributed by atoms with Crippen molar-refractivity contribution in [1.82, 2.24) is 20.3 Å². The van der Waals surface area contributed by atoms with Crippen LogP contribution in [0.1, 0.15) is 27.3 Å². The minimum Gasteiger partial charge on any atom is -0.497 e. The standard InChI is InChI=1S/C21H23N5O2/c1-15-12-19(26-21(25-15)24-14-17-6-9-22-10-7-17)20(27)23-11-8-16-4-3-5-18(13-16)28-2/h3-7,9-10,12-13H,8,11,14H2,1-2H3,(H,23,27)(H,24,25,26). The number of rotatable bonds is 8. The highest BCUT2D eigenvalue weighted by atomic mass is 16.5. The van der Waals surface area contributed by atoms with Crippen LogP contribution < -0.4 is 15.4 Å². The summed E-state index contributed by atoms with van der Waals surface area (Å²) in [4.78, 5) is 25.1. The molecule has 0 bridgehead atoms. The number of hydrogen-bond acceptors (Lipinski definition) is 6. The van der Waals surface area contributed by atoms with Gasteiger partial charge in [-0.05, 0) is 54.8 Å². The van der Waals surface area contributed by atoms with Crippen LogP contribution in [-0.4, -0.2) is 34.5 Å². The van der Waals surface area contributed by atoms with Gasteiger partial charge in [0.1, 0.15) is 11.4 Å². The van der Waals surface area contributed by atoms with E-state index in [0.717, 1.165) is 22.6 Å². The normalized spacial score (nSPS) is 10.4. The smallest absolute Gasteiger partial charge is 0.270 e. The van der Waals surface area contributed by atoms with E-state index in [9.17, 15) is 4.79 Å². The molecule has 1 aromatic carbocycles. The second-order valence-corrected chi connectivity index (χ2v) is 6.28. The molecule has 28 heavy (non-hydrogen) atoms. The molecular weight excluding hydrogens is 354 g/mol. The number of nitrogens with zero attached hydrogens (tertiary/aromatic N) is 3. The third-order valence-corrected chi connectivity index (χ3v) is 4.12. The number of methoxy groups -OCH3 is 1. The van der Waals surface area contributed by atoms with Crippen LogP contribution in [0, 0.1) is 6.92 Å². The van der Waals surface area contributed by atoms with Crippen molar-refractivity contribution in [3.8, 4) is 5.75 Å². The Morgan fingerprint density at radius 2 is 1.89 bits per heavy atom. The Balaban J connectivity index is 1.57. The maximum absolute atomic E-state index is 12.5. The number of nitrogens with one attached hydrogen (secondary N) is 2.